The molecule has 2 heterocycles. The van der Waals surface area contributed by atoms with Crippen LogP contribution in [0, 0.1) is 5.82 Å². The van der Waals surface area contributed by atoms with Crippen molar-refractivity contribution in [3.63, 3.8) is 0 Å². The fourth-order valence-corrected chi connectivity index (χ4v) is 2.91. The van der Waals surface area contributed by atoms with Gasteiger partial charge in [-0.05, 0) is 45.0 Å². The monoisotopic (exact) mass is 311 g/mol. The van der Waals surface area contributed by atoms with Gasteiger partial charge in [0.15, 0.2) is 0 Å². The van der Waals surface area contributed by atoms with E-state index in [1.807, 2.05) is 0 Å². The molecule has 1 aliphatic heterocycles. The summed E-state index contributed by atoms with van der Waals surface area (Å²) in [5.41, 5.74) is 0.861. The zero-order chi connectivity index (χ0) is 15.9. The second kappa shape index (κ2) is 8.53. The number of hydrogen-bond acceptors (Lipinski definition) is 5. The highest BCUT2D eigenvalue weighted by Gasteiger charge is 2.22. The van der Waals surface area contributed by atoms with E-state index in [1.165, 1.54) is 12.3 Å². The molecule has 1 fully saturated rings. The molecule has 0 spiro atoms. The first-order valence-corrected chi connectivity index (χ1v) is 7.85. The number of halogens is 1. The number of piperidine rings is 1. The van der Waals surface area contributed by atoms with Crippen molar-refractivity contribution in [3.8, 4) is 0 Å². The van der Waals surface area contributed by atoms with Gasteiger partial charge in [0.1, 0.15) is 5.82 Å². The van der Waals surface area contributed by atoms with E-state index in [4.69, 9.17) is 4.74 Å². The summed E-state index contributed by atoms with van der Waals surface area (Å²) in [6, 6.07) is 3.71. The van der Waals surface area contributed by atoms with E-state index in [2.05, 4.69) is 22.1 Å². The van der Waals surface area contributed by atoms with Gasteiger partial charge in [-0.15, -0.1) is 0 Å². The van der Waals surface area contributed by atoms with Gasteiger partial charge in [0.05, 0.1) is 24.6 Å². The average molecular weight is 311 g/mol. The molecule has 1 aromatic heterocycles. The van der Waals surface area contributed by atoms with E-state index < -0.39 is 6.10 Å². The summed E-state index contributed by atoms with van der Waals surface area (Å²) in [5, 5.41) is 13.3. The fraction of sp³-hybridized carbons (Fsp3) is 0.688. The number of aliphatic hydroxyl groups is 1. The van der Waals surface area contributed by atoms with Crippen LogP contribution in [-0.4, -0.2) is 60.5 Å². The molecule has 2 atom stereocenters. The first-order chi connectivity index (χ1) is 10.6. The van der Waals surface area contributed by atoms with Crippen LogP contribution in [0.25, 0.3) is 0 Å². The highest BCUT2D eigenvalue weighted by molar-refractivity contribution is 5.09. The fourth-order valence-electron chi connectivity index (χ4n) is 2.91. The molecule has 0 amide bonds. The molecule has 2 N–H and O–H groups in total. The lowest BCUT2D eigenvalue weighted by molar-refractivity contribution is 0.0307. The second-order valence-corrected chi connectivity index (χ2v) is 5.97. The van der Waals surface area contributed by atoms with Gasteiger partial charge in [0.2, 0.25) is 0 Å². The van der Waals surface area contributed by atoms with Crippen molar-refractivity contribution in [2.75, 3.05) is 33.4 Å². The first kappa shape index (κ1) is 17.3. The molecule has 124 valence electrons. The zero-order valence-corrected chi connectivity index (χ0v) is 13.3. The summed E-state index contributed by atoms with van der Waals surface area (Å²) < 4.78 is 17.8. The third kappa shape index (κ3) is 5.28. The summed E-state index contributed by atoms with van der Waals surface area (Å²) in [5.74, 6) is -0.307. The van der Waals surface area contributed by atoms with Crippen molar-refractivity contribution in [1.82, 2.24) is 15.2 Å². The minimum Gasteiger partial charge on any atom is -0.389 e. The van der Waals surface area contributed by atoms with E-state index in [-0.39, 0.29) is 11.9 Å². The highest BCUT2D eigenvalue weighted by Crippen LogP contribution is 2.16. The molecule has 0 bridgehead atoms. The second-order valence-electron chi connectivity index (χ2n) is 5.97. The molecular weight excluding hydrogens is 285 g/mol. The number of nitrogens with zero attached hydrogens (tertiary/aromatic N) is 2. The maximum Gasteiger partial charge on any atom is 0.141 e. The lowest BCUT2D eigenvalue weighted by Crippen LogP contribution is -2.46. The van der Waals surface area contributed by atoms with E-state index in [0.29, 0.717) is 19.2 Å². The summed E-state index contributed by atoms with van der Waals surface area (Å²) in [6.07, 6.45) is 2.90. The molecule has 1 aromatic rings. The number of aromatic nitrogens is 1. The van der Waals surface area contributed by atoms with Gasteiger partial charge < -0.3 is 20.1 Å². The van der Waals surface area contributed by atoms with Crippen LogP contribution in [0.15, 0.2) is 18.3 Å². The third-order valence-electron chi connectivity index (χ3n) is 4.10. The van der Waals surface area contributed by atoms with Crippen LogP contribution < -0.4 is 5.32 Å². The van der Waals surface area contributed by atoms with Gasteiger partial charge in [-0.3, -0.25) is 4.98 Å². The Hall–Kier alpha value is -1.08. The molecule has 5 nitrogen and oxygen atoms in total. The predicted molar refractivity (Wildman–Crippen MR) is 83.1 cm³/mol. The van der Waals surface area contributed by atoms with Crippen LogP contribution in [0.1, 0.15) is 31.5 Å². The van der Waals surface area contributed by atoms with Crippen LogP contribution in [0.2, 0.25) is 0 Å². The van der Waals surface area contributed by atoms with Crippen molar-refractivity contribution in [1.29, 1.82) is 0 Å². The van der Waals surface area contributed by atoms with E-state index in [9.17, 15) is 9.50 Å². The molecule has 22 heavy (non-hydrogen) atoms. The number of hydrogen-bond donors (Lipinski definition) is 2. The number of aliphatic hydroxyl groups excluding tert-OH is 1. The van der Waals surface area contributed by atoms with Gasteiger partial charge in [-0.2, -0.15) is 0 Å². The smallest absolute Gasteiger partial charge is 0.141 e. The van der Waals surface area contributed by atoms with E-state index in [0.717, 1.165) is 31.6 Å². The molecule has 6 heteroatoms. The largest absolute Gasteiger partial charge is 0.389 e. The molecule has 0 aliphatic carbocycles. The van der Waals surface area contributed by atoms with Gasteiger partial charge in [0, 0.05) is 25.7 Å². The van der Waals surface area contributed by atoms with Gasteiger partial charge in [-0.1, -0.05) is 0 Å². The summed E-state index contributed by atoms with van der Waals surface area (Å²) >= 11 is 0. The van der Waals surface area contributed by atoms with Gasteiger partial charge in [0.25, 0.3) is 0 Å². The lowest BCUT2D eigenvalue weighted by Gasteiger charge is -2.34. The molecule has 2 rings (SSSR count). The summed E-state index contributed by atoms with van der Waals surface area (Å²) in [6.45, 7) is 5.01. The van der Waals surface area contributed by atoms with Crippen LogP contribution in [0.4, 0.5) is 4.39 Å². The number of pyridine rings is 1. The Labute approximate surface area is 131 Å². The number of β-amino-alcohol motifs (C(OH)–C–C–N with tert-alkyl or cyclic N) is 1. The molecule has 0 saturated carbocycles. The standard InChI is InChI=1S/C16H26FN3O2/c1-12(16-4-3-13(17)9-18-16)19-14-5-7-20(8-6-14)10-15(21)11-22-2/h3-4,9,12,14-15,19,21H,5-8,10-11H2,1-2H3. The topological polar surface area (TPSA) is 57.6 Å². The Kier molecular flexibility index (Phi) is 6.70. The van der Waals surface area contributed by atoms with Crippen LogP contribution in [0.5, 0.6) is 0 Å². The molecule has 0 radical (unpaired) electrons. The van der Waals surface area contributed by atoms with Gasteiger partial charge >= 0.3 is 0 Å². The van der Waals surface area contributed by atoms with Crippen molar-refractivity contribution >= 4 is 0 Å². The Morgan fingerprint density at radius 3 is 2.77 bits per heavy atom. The molecule has 1 aliphatic rings. The highest BCUT2D eigenvalue weighted by atomic mass is 19.1. The first-order valence-electron chi connectivity index (χ1n) is 7.85. The Bertz CT molecular complexity index is 436. The Morgan fingerprint density at radius 2 is 2.18 bits per heavy atom. The molecule has 2 unspecified atom stereocenters. The summed E-state index contributed by atoms with van der Waals surface area (Å²) in [4.78, 5) is 6.39. The van der Waals surface area contributed by atoms with E-state index in [1.54, 1.807) is 13.2 Å². The molecule has 1 saturated heterocycles. The van der Waals surface area contributed by atoms with Gasteiger partial charge in [-0.25, -0.2) is 4.39 Å². The maximum atomic E-state index is 12.9. The molecular formula is C16H26FN3O2. The van der Waals surface area contributed by atoms with Crippen molar-refractivity contribution in [2.24, 2.45) is 0 Å². The SMILES string of the molecule is COCC(O)CN1CCC(NC(C)c2ccc(F)cn2)CC1. The van der Waals surface area contributed by atoms with Crippen LogP contribution in [0.3, 0.4) is 0 Å². The van der Waals surface area contributed by atoms with Crippen LogP contribution in [-0.2, 0) is 4.74 Å². The van der Waals surface area contributed by atoms with Crippen LogP contribution >= 0.6 is 0 Å². The summed E-state index contributed by atoms with van der Waals surface area (Å²) in [7, 11) is 1.60. The van der Waals surface area contributed by atoms with Crippen molar-refractivity contribution < 1.29 is 14.2 Å². The maximum absolute atomic E-state index is 12.9. The molecule has 0 aromatic carbocycles. The quantitative estimate of drug-likeness (QED) is 0.796. The Morgan fingerprint density at radius 1 is 1.45 bits per heavy atom. The number of methoxy groups -OCH3 is 1. The average Bonchev–Trinajstić information content (AvgIpc) is 2.50. The normalized spacial score (nSPS) is 20.0. The predicted octanol–water partition coefficient (Wildman–Crippen LogP) is 1.34. The minimum atomic E-state index is -0.420. The van der Waals surface area contributed by atoms with Crippen molar-refractivity contribution in [2.45, 2.75) is 38.0 Å². The third-order valence-corrected chi connectivity index (χ3v) is 4.10. The number of nitrogens with one attached hydrogen (secondary N) is 1. The number of rotatable bonds is 7. The lowest BCUT2D eigenvalue weighted by atomic mass is 10.0. The zero-order valence-electron chi connectivity index (χ0n) is 13.3. The van der Waals surface area contributed by atoms with E-state index >= 15 is 0 Å². The number of likely N-dealkylation sites (tertiary alicyclic amines) is 1. The minimum absolute atomic E-state index is 0.108. The van der Waals surface area contributed by atoms with Crippen molar-refractivity contribution in [3.05, 3.63) is 29.8 Å². The number of ether oxygens (including phenoxy) is 1. The Balaban J connectivity index is 1.74.